The molecule has 0 fully saturated rings. The fourth-order valence-corrected chi connectivity index (χ4v) is 3.18. The fraction of sp³-hybridized carbons (Fsp3) is 0.158. The molecule has 0 radical (unpaired) electrons. The first kappa shape index (κ1) is 20.5. The third-order valence-electron chi connectivity index (χ3n) is 3.76. The van der Waals surface area contributed by atoms with Crippen LogP contribution in [0.4, 0.5) is 18.9 Å². The first-order valence-corrected chi connectivity index (χ1v) is 9.32. The summed E-state index contributed by atoms with van der Waals surface area (Å²) in [4.78, 5) is 32.0. The van der Waals surface area contributed by atoms with Crippen LogP contribution in [0.2, 0.25) is 0 Å². The van der Waals surface area contributed by atoms with E-state index >= 15 is 0 Å². The molecule has 3 aromatic rings. The summed E-state index contributed by atoms with van der Waals surface area (Å²) in [5.41, 5.74) is 0.125. The zero-order chi connectivity index (χ0) is 20.9. The molecule has 2 heterocycles. The number of thiazole rings is 1. The number of benzene rings is 1. The maximum atomic E-state index is 12.8. The molecular formula is C19H15F3N4O2S. The van der Waals surface area contributed by atoms with Gasteiger partial charge in [0, 0.05) is 30.1 Å². The number of hydrogen-bond acceptors (Lipinski definition) is 5. The van der Waals surface area contributed by atoms with Crippen molar-refractivity contribution in [1.29, 1.82) is 0 Å². The largest absolute Gasteiger partial charge is 0.416 e. The van der Waals surface area contributed by atoms with Crippen LogP contribution in [0.25, 0.3) is 10.6 Å². The highest BCUT2D eigenvalue weighted by molar-refractivity contribution is 7.13. The van der Waals surface area contributed by atoms with Crippen LogP contribution < -0.4 is 10.6 Å². The summed E-state index contributed by atoms with van der Waals surface area (Å²) in [7, 11) is 0. The first-order valence-electron chi connectivity index (χ1n) is 8.44. The number of alkyl halides is 3. The number of nitrogens with zero attached hydrogens (tertiary/aromatic N) is 2. The summed E-state index contributed by atoms with van der Waals surface area (Å²) in [6.45, 7) is 0.0847. The lowest BCUT2D eigenvalue weighted by molar-refractivity contribution is -0.137. The molecule has 29 heavy (non-hydrogen) atoms. The SMILES string of the molecule is O=C(CCNC(=O)c1csc(-c2cccc(C(F)(F)F)c2)n1)Nc1cccnc1. The van der Waals surface area contributed by atoms with Gasteiger partial charge in [0.2, 0.25) is 5.91 Å². The molecule has 2 amide bonds. The Hall–Kier alpha value is -3.27. The quantitative estimate of drug-likeness (QED) is 0.632. The number of hydrogen-bond donors (Lipinski definition) is 2. The van der Waals surface area contributed by atoms with Gasteiger partial charge in [-0.1, -0.05) is 12.1 Å². The van der Waals surface area contributed by atoms with Crippen LogP contribution in [0.3, 0.4) is 0 Å². The van der Waals surface area contributed by atoms with Gasteiger partial charge in [-0.3, -0.25) is 14.6 Å². The molecule has 0 unspecified atom stereocenters. The Kier molecular flexibility index (Phi) is 6.23. The van der Waals surface area contributed by atoms with E-state index in [1.165, 1.54) is 23.7 Å². The van der Waals surface area contributed by atoms with Crippen LogP contribution >= 0.6 is 11.3 Å². The van der Waals surface area contributed by atoms with Crippen molar-refractivity contribution in [2.75, 3.05) is 11.9 Å². The number of pyridine rings is 1. The van der Waals surface area contributed by atoms with Crippen molar-refractivity contribution in [3.63, 3.8) is 0 Å². The number of anilines is 1. The average molecular weight is 420 g/mol. The monoisotopic (exact) mass is 420 g/mol. The first-order chi connectivity index (χ1) is 13.8. The third-order valence-corrected chi connectivity index (χ3v) is 4.65. The summed E-state index contributed by atoms with van der Waals surface area (Å²) >= 11 is 1.07. The Morgan fingerprint density at radius 2 is 1.97 bits per heavy atom. The van der Waals surface area contributed by atoms with Crippen LogP contribution in [0, 0.1) is 0 Å². The Morgan fingerprint density at radius 3 is 2.69 bits per heavy atom. The topological polar surface area (TPSA) is 84.0 Å². The summed E-state index contributed by atoms with van der Waals surface area (Å²) in [6, 6.07) is 8.12. The Morgan fingerprint density at radius 1 is 1.14 bits per heavy atom. The van der Waals surface area contributed by atoms with Gasteiger partial charge in [0.25, 0.3) is 5.91 Å². The highest BCUT2D eigenvalue weighted by Gasteiger charge is 2.30. The predicted molar refractivity (Wildman–Crippen MR) is 102 cm³/mol. The van der Waals surface area contributed by atoms with Crippen molar-refractivity contribution in [2.45, 2.75) is 12.6 Å². The number of halogens is 3. The molecule has 0 spiro atoms. The van der Waals surface area contributed by atoms with E-state index < -0.39 is 17.6 Å². The van der Waals surface area contributed by atoms with Crippen LogP contribution in [-0.4, -0.2) is 28.3 Å². The minimum atomic E-state index is -4.45. The minimum absolute atomic E-state index is 0.0469. The Balaban J connectivity index is 1.55. The normalized spacial score (nSPS) is 11.1. The van der Waals surface area contributed by atoms with Gasteiger partial charge >= 0.3 is 6.18 Å². The van der Waals surface area contributed by atoms with Crippen LogP contribution in [0.1, 0.15) is 22.5 Å². The second-order valence-electron chi connectivity index (χ2n) is 5.91. The molecule has 0 bridgehead atoms. The van der Waals surface area contributed by atoms with E-state index in [2.05, 4.69) is 20.6 Å². The number of amides is 2. The Labute approximate surface area is 167 Å². The molecule has 0 saturated carbocycles. The van der Waals surface area contributed by atoms with Crippen molar-refractivity contribution in [2.24, 2.45) is 0 Å². The van der Waals surface area contributed by atoms with E-state index in [0.29, 0.717) is 10.7 Å². The highest BCUT2D eigenvalue weighted by Crippen LogP contribution is 2.33. The lowest BCUT2D eigenvalue weighted by Gasteiger charge is -2.07. The van der Waals surface area contributed by atoms with Crippen LogP contribution in [-0.2, 0) is 11.0 Å². The molecule has 150 valence electrons. The summed E-state index contributed by atoms with van der Waals surface area (Å²) in [5, 5.41) is 6.97. The third kappa shape index (κ3) is 5.61. The van der Waals surface area contributed by atoms with Gasteiger partial charge in [-0.15, -0.1) is 11.3 Å². The number of rotatable bonds is 6. The van der Waals surface area contributed by atoms with Gasteiger partial charge in [-0.25, -0.2) is 4.98 Å². The van der Waals surface area contributed by atoms with E-state index in [1.807, 2.05) is 0 Å². The number of carbonyl (C=O) groups excluding carboxylic acids is 2. The van der Waals surface area contributed by atoms with Gasteiger partial charge in [0.05, 0.1) is 17.4 Å². The van der Waals surface area contributed by atoms with Crippen molar-refractivity contribution in [1.82, 2.24) is 15.3 Å². The maximum absolute atomic E-state index is 12.8. The highest BCUT2D eigenvalue weighted by atomic mass is 32.1. The fourth-order valence-electron chi connectivity index (χ4n) is 2.38. The molecule has 6 nitrogen and oxygen atoms in total. The maximum Gasteiger partial charge on any atom is 0.416 e. The summed E-state index contributed by atoms with van der Waals surface area (Å²) < 4.78 is 38.5. The molecular weight excluding hydrogens is 405 g/mol. The van der Waals surface area contributed by atoms with Crippen molar-refractivity contribution in [3.8, 4) is 10.6 Å². The van der Waals surface area contributed by atoms with Crippen molar-refractivity contribution in [3.05, 3.63) is 65.4 Å². The van der Waals surface area contributed by atoms with Gasteiger partial charge in [0.1, 0.15) is 10.7 Å². The minimum Gasteiger partial charge on any atom is -0.350 e. The molecule has 2 aromatic heterocycles. The number of carbonyl (C=O) groups is 2. The molecule has 0 saturated heterocycles. The second kappa shape index (κ2) is 8.82. The molecule has 0 aliphatic rings. The molecule has 3 rings (SSSR count). The summed E-state index contributed by atoms with van der Waals surface area (Å²) in [5.74, 6) is -0.796. The smallest absolute Gasteiger partial charge is 0.350 e. The molecule has 2 N–H and O–H groups in total. The van der Waals surface area contributed by atoms with Crippen LogP contribution in [0.15, 0.2) is 54.2 Å². The second-order valence-corrected chi connectivity index (χ2v) is 6.77. The number of aromatic nitrogens is 2. The average Bonchev–Trinajstić information content (AvgIpc) is 3.18. The zero-order valence-electron chi connectivity index (χ0n) is 14.9. The van der Waals surface area contributed by atoms with Gasteiger partial charge < -0.3 is 10.6 Å². The molecule has 0 aliphatic carbocycles. The van der Waals surface area contributed by atoms with Crippen molar-refractivity contribution >= 4 is 28.8 Å². The standard InChI is InChI=1S/C19H15F3N4O2S/c20-19(21,22)13-4-1-3-12(9-13)18-26-15(11-29-18)17(28)24-8-6-16(27)25-14-5-2-7-23-10-14/h1-5,7,9-11H,6,8H2,(H,24,28)(H,25,27). The van der Waals surface area contributed by atoms with E-state index in [4.69, 9.17) is 0 Å². The van der Waals surface area contributed by atoms with Crippen LogP contribution in [0.5, 0.6) is 0 Å². The molecule has 1 aromatic carbocycles. The van der Waals surface area contributed by atoms with E-state index in [-0.39, 0.29) is 30.1 Å². The van der Waals surface area contributed by atoms with Gasteiger partial charge in [-0.05, 0) is 24.3 Å². The van der Waals surface area contributed by atoms with E-state index in [1.54, 1.807) is 18.3 Å². The molecule has 0 atom stereocenters. The van der Waals surface area contributed by atoms with E-state index in [9.17, 15) is 22.8 Å². The lowest BCUT2D eigenvalue weighted by atomic mass is 10.1. The predicted octanol–water partition coefficient (Wildman–Crippen LogP) is 3.98. The lowest BCUT2D eigenvalue weighted by Crippen LogP contribution is -2.27. The zero-order valence-corrected chi connectivity index (χ0v) is 15.7. The van der Waals surface area contributed by atoms with Gasteiger partial charge in [0.15, 0.2) is 0 Å². The Bertz CT molecular complexity index is 1010. The van der Waals surface area contributed by atoms with Gasteiger partial charge in [-0.2, -0.15) is 13.2 Å². The van der Waals surface area contributed by atoms with E-state index in [0.717, 1.165) is 23.5 Å². The summed E-state index contributed by atoms with van der Waals surface area (Å²) in [6.07, 6.45) is -1.33. The van der Waals surface area contributed by atoms with Crippen molar-refractivity contribution < 1.29 is 22.8 Å². The molecule has 10 heteroatoms. The number of nitrogens with one attached hydrogen (secondary N) is 2. The molecule has 0 aliphatic heterocycles.